The van der Waals surface area contributed by atoms with Crippen LogP contribution in [-0.2, 0) is 11.3 Å². The van der Waals surface area contributed by atoms with Gasteiger partial charge in [-0.1, -0.05) is 13.8 Å². The van der Waals surface area contributed by atoms with Crippen LogP contribution in [0.5, 0.6) is 0 Å². The summed E-state index contributed by atoms with van der Waals surface area (Å²) in [6.45, 7) is 7.16. The van der Waals surface area contributed by atoms with Gasteiger partial charge in [-0.05, 0) is 18.9 Å². The maximum absolute atomic E-state index is 13.5. The normalized spacial score (nSPS) is 13.0. The van der Waals surface area contributed by atoms with Crippen molar-refractivity contribution in [3.8, 4) is 0 Å². The number of halogens is 3. The Kier molecular flexibility index (Phi) is 6.31. The van der Waals surface area contributed by atoms with Crippen molar-refractivity contribution in [1.82, 2.24) is 5.32 Å². The van der Waals surface area contributed by atoms with Crippen LogP contribution in [0.2, 0.25) is 0 Å². The molecule has 0 saturated heterocycles. The van der Waals surface area contributed by atoms with Gasteiger partial charge in [0.05, 0.1) is 6.61 Å². The molecule has 5 heteroatoms. The number of ether oxygens (including phenoxy) is 1. The largest absolute Gasteiger partial charge is 0.380 e. The second-order valence-electron chi connectivity index (χ2n) is 4.75. The maximum Gasteiger partial charge on any atom is 0.161 e. The van der Waals surface area contributed by atoms with E-state index in [0.29, 0.717) is 25.2 Å². The van der Waals surface area contributed by atoms with Gasteiger partial charge in [0.25, 0.3) is 0 Å². The van der Waals surface area contributed by atoms with Crippen LogP contribution in [0.15, 0.2) is 12.1 Å². The van der Waals surface area contributed by atoms with Crippen LogP contribution in [0, 0.1) is 23.4 Å². The minimum atomic E-state index is -1.17. The summed E-state index contributed by atoms with van der Waals surface area (Å²) in [6, 6.07) is 1.49. The van der Waals surface area contributed by atoms with E-state index in [2.05, 4.69) is 5.32 Å². The third kappa shape index (κ3) is 4.84. The Hall–Kier alpha value is -1.07. The summed E-state index contributed by atoms with van der Waals surface area (Å²) in [6.07, 6.45) is 0. The lowest BCUT2D eigenvalue weighted by Crippen LogP contribution is -2.37. The third-order valence-electron chi connectivity index (χ3n) is 2.95. The van der Waals surface area contributed by atoms with Gasteiger partial charge in [-0.2, -0.15) is 0 Å². The molecule has 0 heterocycles. The molecular formula is C14H20F3NO. The average molecular weight is 275 g/mol. The summed E-state index contributed by atoms with van der Waals surface area (Å²) in [5, 5.41) is 3.10. The van der Waals surface area contributed by atoms with Crippen molar-refractivity contribution in [2.24, 2.45) is 5.92 Å². The Morgan fingerprint density at radius 1 is 1.11 bits per heavy atom. The molecule has 108 valence electrons. The molecule has 0 aliphatic carbocycles. The molecule has 1 N–H and O–H groups in total. The van der Waals surface area contributed by atoms with Crippen LogP contribution in [-0.4, -0.2) is 19.3 Å². The topological polar surface area (TPSA) is 21.3 Å². The molecule has 0 amide bonds. The van der Waals surface area contributed by atoms with Gasteiger partial charge in [-0.15, -0.1) is 0 Å². The Balaban J connectivity index is 2.66. The highest BCUT2D eigenvalue weighted by Gasteiger charge is 2.15. The molecule has 2 nitrogen and oxygen atoms in total. The predicted molar refractivity (Wildman–Crippen MR) is 68.3 cm³/mol. The van der Waals surface area contributed by atoms with Gasteiger partial charge in [0.1, 0.15) is 5.82 Å². The van der Waals surface area contributed by atoms with Gasteiger partial charge in [0.15, 0.2) is 11.6 Å². The SMILES string of the molecule is CCOCC(NCc1cc(F)c(F)cc1F)C(C)C. The number of hydrogen-bond acceptors (Lipinski definition) is 2. The fourth-order valence-corrected chi connectivity index (χ4v) is 1.67. The van der Waals surface area contributed by atoms with Crippen LogP contribution >= 0.6 is 0 Å². The minimum absolute atomic E-state index is 0.0347. The van der Waals surface area contributed by atoms with E-state index in [4.69, 9.17) is 4.74 Å². The quantitative estimate of drug-likeness (QED) is 0.771. The zero-order valence-corrected chi connectivity index (χ0v) is 11.5. The van der Waals surface area contributed by atoms with Gasteiger partial charge in [0, 0.05) is 30.8 Å². The minimum Gasteiger partial charge on any atom is -0.380 e. The van der Waals surface area contributed by atoms with E-state index in [1.165, 1.54) is 0 Å². The van der Waals surface area contributed by atoms with Gasteiger partial charge in [-0.25, -0.2) is 13.2 Å². The highest BCUT2D eigenvalue weighted by atomic mass is 19.2. The van der Waals surface area contributed by atoms with Crippen molar-refractivity contribution < 1.29 is 17.9 Å². The second-order valence-corrected chi connectivity index (χ2v) is 4.75. The van der Waals surface area contributed by atoms with Crippen LogP contribution in [0.4, 0.5) is 13.2 Å². The van der Waals surface area contributed by atoms with Crippen molar-refractivity contribution in [1.29, 1.82) is 0 Å². The van der Waals surface area contributed by atoms with E-state index in [-0.39, 0.29) is 18.2 Å². The predicted octanol–water partition coefficient (Wildman–Crippen LogP) is 3.25. The standard InChI is InChI=1S/C14H20F3NO/c1-4-19-8-14(9(2)3)18-7-10-5-12(16)13(17)6-11(10)15/h5-6,9,14,18H,4,7-8H2,1-3H3. The lowest BCUT2D eigenvalue weighted by molar-refractivity contribution is 0.107. The van der Waals surface area contributed by atoms with E-state index in [1.54, 1.807) is 0 Å². The molecular weight excluding hydrogens is 255 g/mol. The first kappa shape index (κ1) is 16.0. The van der Waals surface area contributed by atoms with Gasteiger partial charge < -0.3 is 10.1 Å². The highest BCUT2D eigenvalue weighted by molar-refractivity contribution is 5.20. The Bertz CT molecular complexity index is 410. The highest BCUT2D eigenvalue weighted by Crippen LogP contribution is 2.14. The van der Waals surface area contributed by atoms with E-state index >= 15 is 0 Å². The van der Waals surface area contributed by atoms with Crippen molar-refractivity contribution in [2.75, 3.05) is 13.2 Å². The Morgan fingerprint density at radius 3 is 2.32 bits per heavy atom. The number of rotatable bonds is 7. The summed E-state index contributed by atoms with van der Waals surface area (Å²) in [7, 11) is 0. The number of hydrogen-bond donors (Lipinski definition) is 1. The van der Waals surface area contributed by atoms with Crippen molar-refractivity contribution in [3.05, 3.63) is 35.1 Å². The van der Waals surface area contributed by atoms with Gasteiger partial charge in [-0.3, -0.25) is 0 Å². The fourth-order valence-electron chi connectivity index (χ4n) is 1.67. The molecule has 19 heavy (non-hydrogen) atoms. The summed E-state index contributed by atoms with van der Waals surface area (Å²) in [4.78, 5) is 0. The van der Waals surface area contributed by atoms with Gasteiger partial charge in [0.2, 0.25) is 0 Å². The summed E-state index contributed by atoms with van der Waals surface area (Å²) in [5.41, 5.74) is 0.112. The number of benzene rings is 1. The van der Waals surface area contributed by atoms with Crippen molar-refractivity contribution in [3.63, 3.8) is 0 Å². The molecule has 1 aromatic carbocycles. The summed E-state index contributed by atoms with van der Waals surface area (Å²) < 4.78 is 44.6. The molecule has 0 saturated carbocycles. The molecule has 0 aliphatic rings. The van der Waals surface area contributed by atoms with Crippen LogP contribution < -0.4 is 5.32 Å². The van der Waals surface area contributed by atoms with E-state index < -0.39 is 17.5 Å². The zero-order chi connectivity index (χ0) is 14.4. The van der Waals surface area contributed by atoms with Gasteiger partial charge >= 0.3 is 0 Å². The molecule has 1 rings (SSSR count). The lowest BCUT2D eigenvalue weighted by atomic mass is 10.0. The molecule has 1 atom stereocenters. The molecule has 0 fully saturated rings. The zero-order valence-electron chi connectivity index (χ0n) is 11.5. The van der Waals surface area contributed by atoms with Crippen molar-refractivity contribution >= 4 is 0 Å². The van der Waals surface area contributed by atoms with E-state index in [9.17, 15) is 13.2 Å². The van der Waals surface area contributed by atoms with E-state index in [0.717, 1.165) is 6.07 Å². The average Bonchev–Trinajstić information content (AvgIpc) is 2.34. The molecule has 1 aromatic rings. The molecule has 0 bridgehead atoms. The first-order valence-electron chi connectivity index (χ1n) is 6.40. The molecule has 0 radical (unpaired) electrons. The summed E-state index contributed by atoms with van der Waals surface area (Å²) in [5.74, 6) is -2.66. The number of nitrogens with one attached hydrogen (secondary N) is 1. The third-order valence-corrected chi connectivity index (χ3v) is 2.95. The first-order valence-corrected chi connectivity index (χ1v) is 6.40. The fraction of sp³-hybridized carbons (Fsp3) is 0.571. The molecule has 0 aromatic heterocycles. The van der Waals surface area contributed by atoms with E-state index in [1.807, 2.05) is 20.8 Å². The monoisotopic (exact) mass is 275 g/mol. The van der Waals surface area contributed by atoms with Crippen LogP contribution in [0.3, 0.4) is 0 Å². The second kappa shape index (κ2) is 7.50. The molecule has 0 spiro atoms. The Labute approximate surface area is 112 Å². The van der Waals surface area contributed by atoms with Crippen LogP contribution in [0.25, 0.3) is 0 Å². The van der Waals surface area contributed by atoms with Crippen LogP contribution in [0.1, 0.15) is 26.3 Å². The lowest BCUT2D eigenvalue weighted by Gasteiger charge is -2.22. The summed E-state index contributed by atoms with van der Waals surface area (Å²) >= 11 is 0. The first-order chi connectivity index (χ1) is 8.95. The maximum atomic E-state index is 13.5. The van der Waals surface area contributed by atoms with Crippen molar-refractivity contribution in [2.45, 2.75) is 33.4 Å². The molecule has 0 aliphatic heterocycles. The smallest absolute Gasteiger partial charge is 0.161 e. The Morgan fingerprint density at radius 2 is 1.74 bits per heavy atom. The molecule has 1 unspecified atom stereocenters.